The lowest BCUT2D eigenvalue weighted by atomic mass is 9.92. The molecule has 0 aliphatic heterocycles. The third kappa shape index (κ3) is 3.05. The molecule has 1 atom stereocenters. The Hall–Kier alpha value is -1.01. The second-order valence-electron chi connectivity index (χ2n) is 4.87. The molecule has 0 bridgehead atoms. The summed E-state index contributed by atoms with van der Waals surface area (Å²) in [6, 6.07) is -0.0858. The van der Waals surface area contributed by atoms with Crippen LogP contribution in [0.15, 0.2) is 0 Å². The van der Waals surface area contributed by atoms with E-state index >= 15 is 0 Å². The highest BCUT2D eigenvalue weighted by Gasteiger charge is 2.32. The van der Waals surface area contributed by atoms with Crippen molar-refractivity contribution in [2.45, 2.75) is 40.7 Å². The molecule has 18 heavy (non-hydrogen) atoms. The van der Waals surface area contributed by atoms with Gasteiger partial charge >= 0.3 is 0 Å². The fourth-order valence-corrected chi connectivity index (χ4v) is 2.53. The first-order chi connectivity index (χ1) is 8.16. The van der Waals surface area contributed by atoms with E-state index in [4.69, 9.17) is 18.0 Å². The van der Waals surface area contributed by atoms with E-state index in [1.807, 2.05) is 20.8 Å². The molecule has 0 fully saturated rings. The molecule has 1 heterocycles. The van der Waals surface area contributed by atoms with Crippen molar-refractivity contribution in [1.82, 2.24) is 10.3 Å². The molecule has 0 aliphatic rings. The SMILES string of the molecule is Cc1nc(C)c(C(C)NC(=O)C(C)(C)C(N)=S)s1. The Morgan fingerprint density at radius 2 is 2.06 bits per heavy atom. The van der Waals surface area contributed by atoms with Crippen molar-refractivity contribution in [3.8, 4) is 0 Å². The molecular weight excluding hydrogens is 266 g/mol. The standard InChI is InChI=1S/C12H19N3OS2/c1-6-9(18-8(3)14-6)7(2)15-11(16)12(4,5)10(13)17/h7H,1-5H3,(H2,13,17)(H,15,16). The smallest absolute Gasteiger partial charge is 0.232 e. The Kier molecular flexibility index (Phi) is 4.45. The molecule has 0 aromatic carbocycles. The van der Waals surface area contributed by atoms with E-state index in [-0.39, 0.29) is 16.9 Å². The summed E-state index contributed by atoms with van der Waals surface area (Å²) in [6.45, 7) is 9.28. The van der Waals surface area contributed by atoms with Crippen molar-refractivity contribution in [3.63, 3.8) is 0 Å². The van der Waals surface area contributed by atoms with Crippen LogP contribution in [0.4, 0.5) is 0 Å². The predicted molar refractivity (Wildman–Crippen MR) is 78.7 cm³/mol. The number of rotatable bonds is 4. The van der Waals surface area contributed by atoms with Crippen LogP contribution in [0.5, 0.6) is 0 Å². The molecule has 100 valence electrons. The minimum Gasteiger partial charge on any atom is -0.392 e. The van der Waals surface area contributed by atoms with Crippen LogP contribution in [-0.2, 0) is 4.79 Å². The Morgan fingerprint density at radius 1 is 1.50 bits per heavy atom. The molecule has 0 spiro atoms. The lowest BCUT2D eigenvalue weighted by molar-refractivity contribution is -0.126. The van der Waals surface area contributed by atoms with Gasteiger partial charge in [0.1, 0.15) is 0 Å². The first-order valence-corrected chi connectivity index (χ1v) is 6.93. The maximum atomic E-state index is 12.1. The zero-order valence-corrected chi connectivity index (χ0v) is 13.0. The topological polar surface area (TPSA) is 68.0 Å². The maximum Gasteiger partial charge on any atom is 0.232 e. The Morgan fingerprint density at radius 3 is 2.44 bits per heavy atom. The number of amides is 1. The number of nitrogens with two attached hydrogens (primary N) is 1. The van der Waals surface area contributed by atoms with Crippen molar-refractivity contribution < 1.29 is 4.79 Å². The highest BCUT2D eigenvalue weighted by atomic mass is 32.1. The third-order valence-electron chi connectivity index (χ3n) is 2.86. The van der Waals surface area contributed by atoms with Crippen molar-refractivity contribution in [2.75, 3.05) is 0 Å². The van der Waals surface area contributed by atoms with Gasteiger partial charge < -0.3 is 11.1 Å². The third-order valence-corrected chi connectivity index (χ3v) is 4.63. The van der Waals surface area contributed by atoms with Gasteiger partial charge in [-0.1, -0.05) is 12.2 Å². The first kappa shape index (κ1) is 15.0. The summed E-state index contributed by atoms with van der Waals surface area (Å²) < 4.78 is 0. The molecule has 1 unspecified atom stereocenters. The van der Waals surface area contributed by atoms with Crippen molar-refractivity contribution in [3.05, 3.63) is 15.6 Å². The maximum absolute atomic E-state index is 12.1. The van der Waals surface area contributed by atoms with Crippen LogP contribution in [0.3, 0.4) is 0 Å². The molecule has 4 nitrogen and oxygen atoms in total. The number of nitrogens with one attached hydrogen (secondary N) is 1. The van der Waals surface area contributed by atoms with Gasteiger partial charge in [-0.3, -0.25) is 4.79 Å². The molecule has 1 aromatic heterocycles. The summed E-state index contributed by atoms with van der Waals surface area (Å²) in [5.41, 5.74) is 5.70. The van der Waals surface area contributed by atoms with Crippen LogP contribution < -0.4 is 11.1 Å². The Balaban J connectivity index is 2.83. The summed E-state index contributed by atoms with van der Waals surface area (Å²) in [6.07, 6.45) is 0. The molecule has 1 amide bonds. The van der Waals surface area contributed by atoms with Gasteiger partial charge in [0, 0.05) is 4.88 Å². The molecular formula is C12H19N3OS2. The van der Waals surface area contributed by atoms with Gasteiger partial charge in [0.05, 0.1) is 27.1 Å². The monoisotopic (exact) mass is 285 g/mol. The minimum absolute atomic E-state index is 0.0858. The van der Waals surface area contributed by atoms with E-state index in [1.54, 1.807) is 25.2 Å². The number of aromatic nitrogens is 1. The molecule has 1 rings (SSSR count). The zero-order chi connectivity index (χ0) is 14.1. The van der Waals surface area contributed by atoms with Gasteiger partial charge in [-0.25, -0.2) is 4.98 Å². The van der Waals surface area contributed by atoms with Crippen LogP contribution in [0, 0.1) is 19.3 Å². The number of aryl methyl sites for hydroxylation is 2. The molecule has 0 saturated carbocycles. The number of carbonyl (C=O) groups excluding carboxylic acids is 1. The quantitative estimate of drug-likeness (QED) is 0.833. The van der Waals surface area contributed by atoms with Crippen molar-refractivity contribution in [1.29, 1.82) is 0 Å². The summed E-state index contributed by atoms with van der Waals surface area (Å²) >= 11 is 6.51. The van der Waals surface area contributed by atoms with Crippen molar-refractivity contribution in [2.24, 2.45) is 11.1 Å². The molecule has 1 aromatic rings. The lowest BCUT2D eigenvalue weighted by Crippen LogP contribution is -2.45. The van der Waals surface area contributed by atoms with E-state index < -0.39 is 5.41 Å². The van der Waals surface area contributed by atoms with Crippen molar-refractivity contribution >= 4 is 34.5 Å². The summed E-state index contributed by atoms with van der Waals surface area (Å²) in [5.74, 6) is -0.159. The van der Waals surface area contributed by atoms with E-state index in [2.05, 4.69) is 10.3 Å². The van der Waals surface area contributed by atoms with Gasteiger partial charge in [-0.05, 0) is 34.6 Å². The number of thiocarbonyl (C=S) groups is 1. The van der Waals surface area contributed by atoms with Gasteiger partial charge in [0.2, 0.25) is 5.91 Å². The highest BCUT2D eigenvalue weighted by molar-refractivity contribution is 7.80. The molecule has 3 N–H and O–H groups in total. The average molecular weight is 285 g/mol. The number of hydrogen-bond acceptors (Lipinski definition) is 4. The van der Waals surface area contributed by atoms with Crippen LogP contribution >= 0.6 is 23.6 Å². The van der Waals surface area contributed by atoms with Crippen LogP contribution in [0.25, 0.3) is 0 Å². The van der Waals surface area contributed by atoms with Gasteiger partial charge in [0.15, 0.2) is 0 Å². The van der Waals surface area contributed by atoms with Gasteiger partial charge in [0.25, 0.3) is 0 Å². The lowest BCUT2D eigenvalue weighted by Gasteiger charge is -2.24. The summed E-state index contributed by atoms with van der Waals surface area (Å²) in [5, 5.41) is 3.93. The number of carbonyl (C=O) groups is 1. The van der Waals surface area contributed by atoms with Gasteiger partial charge in [-0.2, -0.15) is 0 Å². The minimum atomic E-state index is -0.836. The molecule has 0 aliphatic carbocycles. The van der Waals surface area contributed by atoms with E-state index in [1.165, 1.54) is 0 Å². The van der Waals surface area contributed by atoms with Crippen LogP contribution in [-0.4, -0.2) is 15.9 Å². The molecule has 6 heteroatoms. The van der Waals surface area contributed by atoms with Crippen LogP contribution in [0.2, 0.25) is 0 Å². The second-order valence-corrected chi connectivity index (χ2v) is 6.54. The molecule has 0 saturated heterocycles. The Bertz CT molecular complexity index is 480. The number of hydrogen-bond donors (Lipinski definition) is 2. The zero-order valence-electron chi connectivity index (χ0n) is 11.3. The number of nitrogens with zero attached hydrogens (tertiary/aromatic N) is 1. The van der Waals surface area contributed by atoms with E-state index in [9.17, 15) is 4.79 Å². The van der Waals surface area contributed by atoms with E-state index in [0.29, 0.717) is 0 Å². The predicted octanol–water partition coefficient (Wildman–Crippen LogP) is 2.25. The second kappa shape index (κ2) is 5.32. The Labute approximate surface area is 117 Å². The van der Waals surface area contributed by atoms with Crippen LogP contribution in [0.1, 0.15) is 42.4 Å². The largest absolute Gasteiger partial charge is 0.392 e. The first-order valence-electron chi connectivity index (χ1n) is 5.71. The van der Waals surface area contributed by atoms with E-state index in [0.717, 1.165) is 15.6 Å². The average Bonchev–Trinajstić information content (AvgIpc) is 2.57. The summed E-state index contributed by atoms with van der Waals surface area (Å²) in [4.78, 5) is 17.7. The molecule has 0 radical (unpaired) electrons. The number of thiazole rings is 1. The van der Waals surface area contributed by atoms with Gasteiger partial charge in [-0.15, -0.1) is 11.3 Å². The normalized spacial score (nSPS) is 13.2. The highest BCUT2D eigenvalue weighted by Crippen LogP contribution is 2.26. The fourth-order valence-electron chi connectivity index (χ4n) is 1.50. The fraction of sp³-hybridized carbons (Fsp3) is 0.583. The summed E-state index contributed by atoms with van der Waals surface area (Å²) in [7, 11) is 0.